The maximum atomic E-state index is 12.0. The van der Waals surface area contributed by atoms with E-state index in [9.17, 15) is 4.79 Å². The number of hydrogen-bond donors (Lipinski definition) is 1. The molecule has 2 aromatic carbocycles. The predicted octanol–water partition coefficient (Wildman–Crippen LogP) is 1.87. The van der Waals surface area contributed by atoms with Gasteiger partial charge in [0.15, 0.2) is 0 Å². The number of hydrogen-bond acceptors (Lipinski definition) is 3. The van der Waals surface area contributed by atoms with Crippen molar-refractivity contribution in [2.45, 2.75) is 0 Å². The van der Waals surface area contributed by atoms with Gasteiger partial charge in [-0.05, 0) is 24.3 Å². The number of amides is 2. The van der Waals surface area contributed by atoms with Crippen molar-refractivity contribution >= 4 is 28.1 Å². The fourth-order valence-electron chi connectivity index (χ4n) is 2.51. The lowest BCUT2D eigenvalue weighted by Gasteiger charge is -2.22. The fraction of sp³-hybridized carbons (Fsp3) is 0. The molecule has 0 aliphatic heterocycles. The number of fused-ring (bicyclic) bond motifs is 2. The summed E-state index contributed by atoms with van der Waals surface area (Å²) in [6, 6.07) is 14.4. The first-order valence-corrected chi connectivity index (χ1v) is 6.70. The molecular formula is C15H12N6O. The van der Waals surface area contributed by atoms with E-state index in [1.54, 1.807) is 22.0 Å². The van der Waals surface area contributed by atoms with E-state index in [0.717, 1.165) is 22.1 Å². The van der Waals surface area contributed by atoms with Crippen LogP contribution in [0.25, 0.3) is 22.1 Å². The zero-order chi connectivity index (χ0) is 15.1. The van der Waals surface area contributed by atoms with Gasteiger partial charge in [0.05, 0.1) is 22.1 Å². The van der Waals surface area contributed by atoms with E-state index >= 15 is 0 Å². The molecule has 0 bridgehead atoms. The lowest BCUT2D eigenvalue weighted by atomic mass is 10.3. The molecule has 0 unspecified atom stereocenters. The van der Waals surface area contributed by atoms with Crippen LogP contribution in [0.1, 0.15) is 0 Å². The summed E-state index contributed by atoms with van der Waals surface area (Å²) in [5, 5.41) is 1.30. The summed E-state index contributed by atoms with van der Waals surface area (Å²) < 4.78 is 3.21. The van der Waals surface area contributed by atoms with Crippen molar-refractivity contribution in [1.29, 1.82) is 0 Å². The summed E-state index contributed by atoms with van der Waals surface area (Å²) in [7, 11) is 0. The number of aromatic nitrogens is 4. The summed E-state index contributed by atoms with van der Waals surface area (Å²) >= 11 is 0. The lowest BCUT2D eigenvalue weighted by Crippen LogP contribution is -2.47. The molecule has 0 saturated heterocycles. The highest BCUT2D eigenvalue weighted by Crippen LogP contribution is 2.16. The van der Waals surface area contributed by atoms with Gasteiger partial charge >= 0.3 is 6.03 Å². The number of rotatable bonds is 2. The first kappa shape index (κ1) is 12.4. The quantitative estimate of drug-likeness (QED) is 0.612. The molecule has 0 fully saturated rings. The number of imidazole rings is 2. The highest BCUT2D eigenvalue weighted by Gasteiger charge is 2.19. The van der Waals surface area contributed by atoms with E-state index < -0.39 is 6.03 Å². The Morgan fingerprint density at radius 1 is 0.864 bits per heavy atom. The molecule has 2 N–H and O–H groups in total. The third-order valence-electron chi connectivity index (χ3n) is 3.47. The second-order valence-electron chi connectivity index (χ2n) is 4.78. The van der Waals surface area contributed by atoms with Gasteiger partial charge in [0.2, 0.25) is 0 Å². The van der Waals surface area contributed by atoms with Crippen LogP contribution in [0.4, 0.5) is 4.79 Å². The second-order valence-corrected chi connectivity index (χ2v) is 4.78. The first-order chi connectivity index (χ1) is 10.8. The highest BCUT2D eigenvalue weighted by molar-refractivity contribution is 5.87. The Hall–Kier alpha value is -3.35. The van der Waals surface area contributed by atoms with Crippen molar-refractivity contribution in [3.05, 3.63) is 61.2 Å². The van der Waals surface area contributed by atoms with Gasteiger partial charge in [-0.25, -0.2) is 24.1 Å². The van der Waals surface area contributed by atoms with Gasteiger partial charge in [0, 0.05) is 0 Å². The Balaban J connectivity index is 1.97. The fourth-order valence-corrected chi connectivity index (χ4v) is 2.51. The predicted molar refractivity (Wildman–Crippen MR) is 82.7 cm³/mol. The van der Waals surface area contributed by atoms with Crippen LogP contribution in [0.2, 0.25) is 0 Å². The Kier molecular flexibility index (Phi) is 2.59. The Morgan fingerprint density at radius 2 is 1.32 bits per heavy atom. The van der Waals surface area contributed by atoms with E-state index in [4.69, 9.17) is 5.73 Å². The van der Waals surface area contributed by atoms with Crippen molar-refractivity contribution in [2.24, 2.45) is 5.73 Å². The van der Waals surface area contributed by atoms with E-state index in [2.05, 4.69) is 9.97 Å². The van der Waals surface area contributed by atoms with Gasteiger partial charge in [0.1, 0.15) is 12.7 Å². The number of nitrogens with two attached hydrogens (primary N) is 1. The third kappa shape index (κ3) is 1.72. The van der Waals surface area contributed by atoms with Gasteiger partial charge in [-0.1, -0.05) is 24.3 Å². The number of carbonyl (C=O) groups excluding carboxylic acids is 1. The minimum Gasteiger partial charge on any atom is -0.349 e. The van der Waals surface area contributed by atoms with Crippen LogP contribution < -0.4 is 10.9 Å². The largest absolute Gasteiger partial charge is 0.354 e. The minimum absolute atomic E-state index is 0.633. The molecule has 0 saturated carbocycles. The monoisotopic (exact) mass is 292 g/mol. The highest BCUT2D eigenvalue weighted by atomic mass is 16.2. The molecule has 2 heterocycles. The van der Waals surface area contributed by atoms with E-state index in [-0.39, 0.29) is 0 Å². The van der Waals surface area contributed by atoms with Gasteiger partial charge in [0.25, 0.3) is 0 Å². The van der Waals surface area contributed by atoms with Crippen molar-refractivity contribution < 1.29 is 4.79 Å². The number of primary amides is 1. The van der Waals surface area contributed by atoms with Crippen LogP contribution in [0.5, 0.6) is 0 Å². The molecule has 2 aromatic heterocycles. The third-order valence-corrected chi connectivity index (χ3v) is 3.47. The van der Waals surface area contributed by atoms with Gasteiger partial charge in [-0.15, -0.1) is 5.12 Å². The standard InChI is InChI=1S/C15H12N6O/c16-15(22)21(19-9-17-11-5-1-3-7-13(11)19)20-10-18-12-6-2-4-8-14(12)20/h1-10H,(H2,16,22). The van der Waals surface area contributed by atoms with Crippen LogP contribution in [0, 0.1) is 0 Å². The number of nitrogens with zero attached hydrogens (tertiary/aromatic N) is 5. The average Bonchev–Trinajstić information content (AvgIpc) is 3.13. The van der Waals surface area contributed by atoms with Crippen LogP contribution in [-0.4, -0.2) is 25.4 Å². The minimum atomic E-state index is -0.633. The van der Waals surface area contributed by atoms with Crippen LogP contribution in [-0.2, 0) is 0 Å². The van der Waals surface area contributed by atoms with Crippen LogP contribution in [0.15, 0.2) is 61.2 Å². The molecule has 4 rings (SSSR count). The summed E-state index contributed by atoms with van der Waals surface area (Å²) in [6.07, 6.45) is 3.12. The second kappa shape index (κ2) is 4.59. The maximum absolute atomic E-state index is 12.0. The van der Waals surface area contributed by atoms with Crippen molar-refractivity contribution in [3.63, 3.8) is 0 Å². The molecule has 0 radical (unpaired) electrons. The molecule has 0 atom stereocenters. The molecule has 22 heavy (non-hydrogen) atoms. The number of benzene rings is 2. The van der Waals surface area contributed by atoms with Crippen LogP contribution >= 0.6 is 0 Å². The molecule has 108 valence electrons. The number of urea groups is 1. The zero-order valence-corrected chi connectivity index (χ0v) is 11.5. The zero-order valence-electron chi connectivity index (χ0n) is 11.5. The molecule has 7 heteroatoms. The Bertz CT molecular complexity index is 912. The first-order valence-electron chi connectivity index (χ1n) is 6.70. The van der Waals surface area contributed by atoms with Gasteiger partial charge < -0.3 is 5.73 Å². The molecule has 0 aliphatic carbocycles. The van der Waals surface area contributed by atoms with E-state index in [0.29, 0.717) is 0 Å². The summed E-state index contributed by atoms with van der Waals surface area (Å²) in [5.41, 5.74) is 8.70. The number of para-hydroxylation sites is 4. The van der Waals surface area contributed by atoms with Crippen molar-refractivity contribution in [2.75, 3.05) is 5.12 Å². The number of carbonyl (C=O) groups is 1. The van der Waals surface area contributed by atoms with Crippen molar-refractivity contribution in [1.82, 2.24) is 19.3 Å². The molecule has 7 nitrogen and oxygen atoms in total. The summed E-state index contributed by atoms with van der Waals surface area (Å²) in [6.45, 7) is 0. The smallest absolute Gasteiger partial charge is 0.349 e. The topological polar surface area (TPSA) is 82.0 Å². The molecule has 0 spiro atoms. The van der Waals surface area contributed by atoms with E-state index in [1.807, 2.05) is 48.5 Å². The molecular weight excluding hydrogens is 280 g/mol. The SMILES string of the molecule is NC(=O)N(n1cnc2ccccc21)n1cnc2ccccc21. The molecule has 4 aromatic rings. The van der Waals surface area contributed by atoms with Crippen LogP contribution in [0.3, 0.4) is 0 Å². The molecule has 0 aliphatic rings. The summed E-state index contributed by atoms with van der Waals surface area (Å²) in [5.74, 6) is 0. The average molecular weight is 292 g/mol. The van der Waals surface area contributed by atoms with E-state index in [1.165, 1.54) is 5.12 Å². The maximum Gasteiger partial charge on any atom is 0.354 e. The Labute approximate surface area is 125 Å². The molecule has 2 amide bonds. The van der Waals surface area contributed by atoms with Gasteiger partial charge in [-0.3, -0.25) is 0 Å². The normalized spacial score (nSPS) is 11.1. The van der Waals surface area contributed by atoms with Gasteiger partial charge in [-0.2, -0.15) is 0 Å². The summed E-state index contributed by atoms with van der Waals surface area (Å²) in [4.78, 5) is 20.6. The lowest BCUT2D eigenvalue weighted by molar-refractivity contribution is 0.246. The Morgan fingerprint density at radius 3 is 1.77 bits per heavy atom. The van der Waals surface area contributed by atoms with Crippen molar-refractivity contribution in [3.8, 4) is 0 Å².